The number of carbonyl (C=O) groups excluding carboxylic acids is 1. The molecule has 0 aliphatic rings. The second-order valence-corrected chi connectivity index (χ2v) is 5.88. The lowest BCUT2D eigenvalue weighted by Crippen LogP contribution is -2.37. The Balaban J connectivity index is 2.03. The van der Waals surface area contributed by atoms with Gasteiger partial charge >= 0.3 is 0 Å². The van der Waals surface area contributed by atoms with Gasteiger partial charge in [0.25, 0.3) is 0 Å². The van der Waals surface area contributed by atoms with Gasteiger partial charge in [-0.3, -0.25) is 9.48 Å². The van der Waals surface area contributed by atoms with Crippen LogP contribution in [0, 0.1) is 13.8 Å². The molecular weight excluding hydrogens is 316 g/mol. The largest absolute Gasteiger partial charge is 0.366 e. The van der Waals surface area contributed by atoms with E-state index in [4.69, 9.17) is 5.73 Å². The minimum Gasteiger partial charge on any atom is -0.366 e. The van der Waals surface area contributed by atoms with Crippen LogP contribution in [0.4, 0.5) is 0 Å². The van der Waals surface area contributed by atoms with Gasteiger partial charge in [0.2, 0.25) is 5.91 Å². The van der Waals surface area contributed by atoms with Gasteiger partial charge in [-0.15, -0.1) is 0 Å². The minimum atomic E-state index is -0.424. The molecule has 0 radical (unpaired) electrons. The third-order valence-corrected chi connectivity index (χ3v) is 4.09. The average molecular weight is 342 g/mol. The molecule has 1 amide bonds. The monoisotopic (exact) mass is 342 g/mol. The smallest absolute Gasteiger partial charge is 0.248 e. The Morgan fingerprint density at radius 1 is 1.24 bits per heavy atom. The van der Waals surface area contributed by atoms with Gasteiger partial charge < -0.3 is 16.4 Å². The standard InChI is InChI=1S/C18H26N6O/c1-5-20-18(22-11-16-12(2)23-24(4)13(16)3)21-10-14-6-8-15(9-7-14)17(19)25/h6-9H,5,10-11H2,1-4H3,(H2,19,25)(H2,20,21,22). The number of hydrogen-bond donors (Lipinski definition) is 3. The summed E-state index contributed by atoms with van der Waals surface area (Å²) >= 11 is 0. The van der Waals surface area contributed by atoms with Crippen molar-refractivity contribution in [2.45, 2.75) is 33.9 Å². The summed E-state index contributed by atoms with van der Waals surface area (Å²) in [5.41, 5.74) is 10.1. The quantitative estimate of drug-likeness (QED) is 0.546. The molecule has 1 aromatic carbocycles. The van der Waals surface area contributed by atoms with Crippen molar-refractivity contribution < 1.29 is 4.79 Å². The fourth-order valence-corrected chi connectivity index (χ4v) is 2.53. The number of primary amides is 1. The van der Waals surface area contributed by atoms with Gasteiger partial charge in [-0.25, -0.2) is 4.99 Å². The SMILES string of the molecule is CCNC(=NCc1ccc(C(N)=O)cc1)NCc1c(C)nn(C)c1C. The van der Waals surface area contributed by atoms with E-state index in [-0.39, 0.29) is 0 Å². The topological polar surface area (TPSA) is 97.3 Å². The van der Waals surface area contributed by atoms with Gasteiger partial charge in [0.15, 0.2) is 5.96 Å². The molecule has 0 saturated heterocycles. The molecule has 1 heterocycles. The van der Waals surface area contributed by atoms with Crippen LogP contribution in [0.1, 0.15) is 39.8 Å². The molecule has 0 atom stereocenters. The molecule has 0 bridgehead atoms. The van der Waals surface area contributed by atoms with Gasteiger partial charge in [-0.1, -0.05) is 12.1 Å². The summed E-state index contributed by atoms with van der Waals surface area (Å²) in [7, 11) is 1.95. The first-order valence-electron chi connectivity index (χ1n) is 8.32. The Kier molecular flexibility index (Phi) is 6.16. The van der Waals surface area contributed by atoms with Crippen LogP contribution in [0.5, 0.6) is 0 Å². The zero-order valence-corrected chi connectivity index (χ0v) is 15.3. The van der Waals surface area contributed by atoms with Crippen LogP contribution in [-0.4, -0.2) is 28.2 Å². The molecule has 4 N–H and O–H groups in total. The van der Waals surface area contributed by atoms with Crippen molar-refractivity contribution in [1.82, 2.24) is 20.4 Å². The molecule has 25 heavy (non-hydrogen) atoms. The van der Waals surface area contributed by atoms with Crippen molar-refractivity contribution in [1.29, 1.82) is 0 Å². The zero-order chi connectivity index (χ0) is 18.4. The van der Waals surface area contributed by atoms with E-state index in [1.54, 1.807) is 12.1 Å². The van der Waals surface area contributed by atoms with E-state index in [1.807, 2.05) is 37.7 Å². The number of aliphatic imine (C=N–C) groups is 1. The Labute approximate surface area is 148 Å². The number of guanidine groups is 1. The molecule has 0 unspecified atom stereocenters. The van der Waals surface area contributed by atoms with Crippen LogP contribution in [0.15, 0.2) is 29.3 Å². The van der Waals surface area contributed by atoms with Gasteiger partial charge in [0.1, 0.15) is 0 Å². The highest BCUT2D eigenvalue weighted by atomic mass is 16.1. The molecule has 134 valence electrons. The van der Waals surface area contributed by atoms with Crippen LogP contribution in [0.25, 0.3) is 0 Å². The summed E-state index contributed by atoms with van der Waals surface area (Å²) in [6, 6.07) is 7.16. The number of benzene rings is 1. The first-order valence-corrected chi connectivity index (χ1v) is 8.32. The zero-order valence-electron chi connectivity index (χ0n) is 15.3. The second kappa shape index (κ2) is 8.32. The number of carbonyl (C=O) groups is 1. The van der Waals surface area contributed by atoms with Gasteiger partial charge in [0.05, 0.1) is 12.2 Å². The second-order valence-electron chi connectivity index (χ2n) is 5.88. The van der Waals surface area contributed by atoms with E-state index >= 15 is 0 Å². The lowest BCUT2D eigenvalue weighted by molar-refractivity contribution is 0.100. The fraction of sp³-hybridized carbons (Fsp3) is 0.389. The number of nitrogens with two attached hydrogens (primary N) is 1. The Morgan fingerprint density at radius 2 is 1.92 bits per heavy atom. The predicted octanol–water partition coefficient (Wildman–Crippen LogP) is 1.39. The summed E-state index contributed by atoms with van der Waals surface area (Å²) in [4.78, 5) is 15.7. The predicted molar refractivity (Wildman–Crippen MR) is 99.3 cm³/mol. The van der Waals surface area contributed by atoms with Crippen molar-refractivity contribution >= 4 is 11.9 Å². The number of hydrogen-bond acceptors (Lipinski definition) is 3. The van der Waals surface area contributed by atoms with Crippen LogP contribution < -0.4 is 16.4 Å². The Bertz CT molecular complexity index is 761. The maximum Gasteiger partial charge on any atom is 0.248 e. The van der Waals surface area contributed by atoms with E-state index in [0.29, 0.717) is 18.7 Å². The Hall–Kier alpha value is -2.83. The number of rotatable bonds is 6. The maximum absolute atomic E-state index is 11.1. The lowest BCUT2D eigenvalue weighted by atomic mass is 10.1. The Morgan fingerprint density at radius 3 is 2.44 bits per heavy atom. The molecule has 7 heteroatoms. The highest BCUT2D eigenvalue weighted by molar-refractivity contribution is 5.92. The molecule has 0 fully saturated rings. The van der Waals surface area contributed by atoms with Crippen molar-refractivity contribution in [3.63, 3.8) is 0 Å². The van der Waals surface area contributed by atoms with Crippen LogP contribution in [-0.2, 0) is 20.1 Å². The molecule has 0 saturated carbocycles. The number of nitrogens with one attached hydrogen (secondary N) is 2. The van der Waals surface area contributed by atoms with E-state index in [0.717, 1.165) is 29.5 Å². The van der Waals surface area contributed by atoms with Crippen LogP contribution >= 0.6 is 0 Å². The highest BCUT2D eigenvalue weighted by Gasteiger charge is 2.09. The third-order valence-electron chi connectivity index (χ3n) is 4.09. The van der Waals surface area contributed by atoms with Crippen LogP contribution in [0.3, 0.4) is 0 Å². The van der Waals surface area contributed by atoms with E-state index < -0.39 is 5.91 Å². The lowest BCUT2D eigenvalue weighted by Gasteiger charge is -2.12. The third kappa shape index (κ3) is 4.82. The van der Waals surface area contributed by atoms with Crippen LogP contribution in [0.2, 0.25) is 0 Å². The number of amides is 1. The minimum absolute atomic E-state index is 0.424. The van der Waals surface area contributed by atoms with Gasteiger partial charge in [-0.05, 0) is 38.5 Å². The summed E-state index contributed by atoms with van der Waals surface area (Å²) < 4.78 is 1.89. The van der Waals surface area contributed by atoms with Gasteiger partial charge in [0, 0.05) is 37.0 Å². The summed E-state index contributed by atoms with van der Waals surface area (Å²) in [6.45, 7) is 8.05. The molecule has 7 nitrogen and oxygen atoms in total. The molecule has 1 aromatic heterocycles. The number of aryl methyl sites for hydroxylation is 2. The van der Waals surface area contributed by atoms with E-state index in [1.165, 1.54) is 5.56 Å². The molecule has 0 aliphatic heterocycles. The highest BCUT2D eigenvalue weighted by Crippen LogP contribution is 2.11. The summed E-state index contributed by atoms with van der Waals surface area (Å²) in [6.07, 6.45) is 0. The summed E-state index contributed by atoms with van der Waals surface area (Å²) in [5, 5.41) is 11.0. The molecule has 0 aliphatic carbocycles. The molecule has 2 rings (SSSR count). The van der Waals surface area contributed by atoms with E-state index in [2.05, 4.69) is 27.6 Å². The van der Waals surface area contributed by atoms with E-state index in [9.17, 15) is 4.79 Å². The van der Waals surface area contributed by atoms with Crippen molar-refractivity contribution in [2.75, 3.05) is 6.54 Å². The molecular formula is C18H26N6O. The summed E-state index contributed by atoms with van der Waals surface area (Å²) in [5.74, 6) is 0.316. The number of nitrogens with zero attached hydrogens (tertiary/aromatic N) is 3. The maximum atomic E-state index is 11.1. The van der Waals surface area contributed by atoms with Crippen molar-refractivity contribution in [3.8, 4) is 0 Å². The molecule has 0 spiro atoms. The average Bonchev–Trinajstić information content (AvgIpc) is 2.83. The fourth-order valence-electron chi connectivity index (χ4n) is 2.53. The molecule has 2 aromatic rings. The first kappa shape index (κ1) is 18.5. The number of aromatic nitrogens is 2. The normalized spacial score (nSPS) is 11.4. The van der Waals surface area contributed by atoms with Gasteiger partial charge in [-0.2, -0.15) is 5.10 Å². The van der Waals surface area contributed by atoms with Crippen molar-refractivity contribution in [2.24, 2.45) is 17.8 Å². The van der Waals surface area contributed by atoms with Crippen molar-refractivity contribution in [3.05, 3.63) is 52.3 Å². The first-order chi connectivity index (χ1) is 11.9.